The molecule has 2 saturated carbocycles. The Hall–Kier alpha value is -1.65. The number of unbranched alkanes of at least 4 members (excludes halogenated alkanes) is 1. The van der Waals surface area contributed by atoms with Crippen LogP contribution in [0.5, 0.6) is 0 Å². The molecule has 4 aliphatic rings. The molecular weight excluding hydrogens is 476 g/mol. The fourth-order valence-corrected chi connectivity index (χ4v) is 7.10. The summed E-state index contributed by atoms with van der Waals surface area (Å²) in [6.45, 7) is 11.1. The second-order valence-corrected chi connectivity index (χ2v) is 18.3. The van der Waals surface area contributed by atoms with Crippen molar-refractivity contribution < 1.29 is 23.9 Å². The summed E-state index contributed by atoms with van der Waals surface area (Å²) in [7, 11) is -1.24. The Morgan fingerprint density at radius 3 is 2.50 bits per heavy atom. The molecule has 0 radical (unpaired) electrons. The van der Waals surface area contributed by atoms with Gasteiger partial charge in [-0.05, 0) is 56.4 Å². The number of nitrogens with one attached hydrogen (secondary N) is 2. The van der Waals surface area contributed by atoms with E-state index in [1.165, 1.54) is 4.90 Å². The Morgan fingerprint density at radius 2 is 1.89 bits per heavy atom. The maximum Gasteiger partial charge on any atom is 0.329 e. The third-order valence-corrected chi connectivity index (χ3v) is 10.4. The van der Waals surface area contributed by atoms with Gasteiger partial charge in [-0.15, -0.1) is 0 Å². The van der Waals surface area contributed by atoms with Gasteiger partial charge in [-0.25, -0.2) is 14.5 Å². The molecule has 36 heavy (non-hydrogen) atoms. The highest BCUT2D eigenvalue weighted by molar-refractivity contribution is 6.76. The first-order valence-electron chi connectivity index (χ1n) is 13.9. The molecule has 2 spiro atoms. The van der Waals surface area contributed by atoms with Gasteiger partial charge in [0, 0.05) is 46.3 Å². The fraction of sp³-hybridized carbons (Fsp3) is 0.885. The van der Waals surface area contributed by atoms with E-state index in [2.05, 4.69) is 37.2 Å². The molecule has 0 bridgehead atoms. The lowest BCUT2D eigenvalue weighted by Crippen LogP contribution is -2.61. The van der Waals surface area contributed by atoms with Crippen LogP contribution in [0.4, 0.5) is 9.59 Å². The summed E-state index contributed by atoms with van der Waals surface area (Å²) in [6.07, 6.45) is 8.49. The largest absolute Gasteiger partial charge is 0.378 e. The Morgan fingerprint density at radius 1 is 1.17 bits per heavy atom. The van der Waals surface area contributed by atoms with Crippen molar-refractivity contribution in [2.45, 2.75) is 108 Å². The number of urea groups is 2. The molecule has 2 aliphatic heterocycles. The van der Waals surface area contributed by atoms with Crippen molar-refractivity contribution >= 4 is 26.0 Å². The number of amides is 5. The van der Waals surface area contributed by atoms with Crippen molar-refractivity contribution in [3.8, 4) is 0 Å². The van der Waals surface area contributed by atoms with Gasteiger partial charge in [-0.2, -0.15) is 0 Å². The smallest absolute Gasteiger partial charge is 0.329 e. The average Bonchev–Trinajstić information content (AvgIpc) is 3.35. The lowest BCUT2D eigenvalue weighted by Gasteiger charge is -2.55. The molecule has 2 aliphatic carbocycles. The number of hydrogen-bond acceptors (Lipinski definition) is 5. The summed E-state index contributed by atoms with van der Waals surface area (Å²) in [5.74, 6) is -0.152. The highest BCUT2D eigenvalue weighted by Crippen LogP contribution is 2.55. The van der Waals surface area contributed by atoms with Gasteiger partial charge in [0.1, 0.15) is 12.3 Å². The van der Waals surface area contributed by atoms with E-state index in [-0.39, 0.29) is 48.8 Å². The molecular formula is C26H46N4O5Si. The maximum atomic E-state index is 13.5. The van der Waals surface area contributed by atoms with Crippen molar-refractivity contribution in [3.63, 3.8) is 0 Å². The highest BCUT2D eigenvalue weighted by atomic mass is 28.3. The van der Waals surface area contributed by atoms with Crippen LogP contribution < -0.4 is 10.6 Å². The quantitative estimate of drug-likeness (QED) is 0.257. The minimum atomic E-state index is -1.24. The fourth-order valence-electron chi connectivity index (χ4n) is 6.34. The molecule has 2 N–H and O–H groups in total. The summed E-state index contributed by atoms with van der Waals surface area (Å²) in [5, 5.41) is 6.07. The molecule has 0 aromatic carbocycles. The highest BCUT2D eigenvalue weighted by Gasteiger charge is 2.64. The molecule has 2 saturated heterocycles. The second kappa shape index (κ2) is 11.0. The molecule has 5 amide bonds. The normalized spacial score (nSPS) is 32.4. The molecule has 4 rings (SSSR count). The lowest BCUT2D eigenvalue weighted by atomic mass is 9.57. The first-order chi connectivity index (χ1) is 17.1. The Balaban J connectivity index is 1.30. The molecule has 9 nitrogen and oxygen atoms in total. The third kappa shape index (κ3) is 5.75. The molecule has 1 atom stereocenters. The molecule has 0 unspecified atom stereocenters. The molecule has 0 aromatic rings. The minimum Gasteiger partial charge on any atom is -0.378 e. The number of hydrogen-bond donors (Lipinski definition) is 2. The second-order valence-electron chi connectivity index (χ2n) is 12.7. The zero-order chi connectivity index (χ0) is 26.0. The van der Waals surface area contributed by atoms with Crippen molar-refractivity contribution in [2.75, 3.05) is 33.1 Å². The molecule has 2 heterocycles. The standard InChI is InChI=1S/C26H46N4O5Si/c1-5-6-12-27-23(32)28-20-7-9-25(10-8-20)16-21(17-25)30-24(33)29(19-35-14-15-36(2,3)4)22(31)26(30)11-13-34-18-26/h20-21H,5-19H2,1-4H3,(H2,27,28,32)/t20?,21?,25?,26-/m1/s1. The Kier molecular flexibility index (Phi) is 8.36. The SMILES string of the molecule is CCCCNC(=O)NC1CCC2(CC1)CC(N1C(=O)N(COCC[Si](C)(C)C)C(=O)[C@]13CCOC3)C2. The number of ether oxygens (including phenoxy) is 2. The van der Waals surface area contributed by atoms with Crippen LogP contribution in [-0.2, 0) is 14.3 Å². The zero-order valence-corrected chi connectivity index (χ0v) is 23.7. The summed E-state index contributed by atoms with van der Waals surface area (Å²) >= 11 is 0. The van der Waals surface area contributed by atoms with E-state index in [1.54, 1.807) is 0 Å². The number of imide groups is 1. The molecule has 0 aromatic heterocycles. The summed E-state index contributed by atoms with van der Waals surface area (Å²) in [4.78, 5) is 42.3. The predicted octanol–water partition coefficient (Wildman–Crippen LogP) is 3.91. The third-order valence-electron chi connectivity index (χ3n) is 8.66. The first-order valence-corrected chi connectivity index (χ1v) is 17.7. The van der Waals surface area contributed by atoms with Crippen LogP contribution in [0.1, 0.15) is 64.7 Å². The monoisotopic (exact) mass is 522 g/mol. The van der Waals surface area contributed by atoms with Crippen LogP contribution in [0.15, 0.2) is 0 Å². The number of carbonyl (C=O) groups is 3. The van der Waals surface area contributed by atoms with Crippen molar-refractivity contribution in [1.82, 2.24) is 20.4 Å². The number of carbonyl (C=O) groups excluding carboxylic acids is 3. The number of rotatable bonds is 10. The van der Waals surface area contributed by atoms with Gasteiger partial charge in [0.05, 0.1) is 6.61 Å². The van der Waals surface area contributed by atoms with Gasteiger partial charge in [0.25, 0.3) is 5.91 Å². The van der Waals surface area contributed by atoms with Crippen LogP contribution in [0.25, 0.3) is 0 Å². The minimum absolute atomic E-state index is 0.0337. The average molecular weight is 523 g/mol. The topological polar surface area (TPSA) is 100 Å². The first kappa shape index (κ1) is 27.4. The van der Waals surface area contributed by atoms with Crippen molar-refractivity contribution in [2.24, 2.45) is 5.41 Å². The van der Waals surface area contributed by atoms with Gasteiger partial charge in [0.15, 0.2) is 0 Å². The lowest BCUT2D eigenvalue weighted by molar-refractivity contribution is -0.138. The van der Waals surface area contributed by atoms with E-state index < -0.39 is 13.6 Å². The van der Waals surface area contributed by atoms with Gasteiger partial charge in [-0.3, -0.25) is 4.79 Å². The van der Waals surface area contributed by atoms with E-state index in [4.69, 9.17) is 9.47 Å². The molecule has 204 valence electrons. The predicted molar refractivity (Wildman–Crippen MR) is 140 cm³/mol. The van der Waals surface area contributed by atoms with E-state index in [9.17, 15) is 14.4 Å². The van der Waals surface area contributed by atoms with Crippen molar-refractivity contribution in [3.05, 3.63) is 0 Å². The van der Waals surface area contributed by atoms with Gasteiger partial charge in [-0.1, -0.05) is 33.0 Å². The van der Waals surface area contributed by atoms with Gasteiger partial charge < -0.3 is 25.0 Å². The molecule has 10 heteroatoms. The summed E-state index contributed by atoms with van der Waals surface area (Å²) < 4.78 is 11.5. The van der Waals surface area contributed by atoms with Crippen LogP contribution >= 0.6 is 0 Å². The number of nitrogens with zero attached hydrogens (tertiary/aromatic N) is 2. The van der Waals surface area contributed by atoms with E-state index in [0.29, 0.717) is 19.6 Å². The Bertz CT molecular complexity index is 810. The van der Waals surface area contributed by atoms with Gasteiger partial charge in [0.2, 0.25) is 0 Å². The molecule has 4 fully saturated rings. The zero-order valence-electron chi connectivity index (χ0n) is 22.7. The van der Waals surface area contributed by atoms with Crippen LogP contribution in [0, 0.1) is 5.41 Å². The van der Waals surface area contributed by atoms with Gasteiger partial charge >= 0.3 is 12.1 Å². The van der Waals surface area contributed by atoms with Crippen LogP contribution in [-0.4, -0.2) is 86.6 Å². The Labute approximate surface area is 217 Å². The van der Waals surface area contributed by atoms with E-state index in [0.717, 1.165) is 64.0 Å². The van der Waals surface area contributed by atoms with E-state index >= 15 is 0 Å². The van der Waals surface area contributed by atoms with Crippen LogP contribution in [0.2, 0.25) is 25.7 Å². The van der Waals surface area contributed by atoms with E-state index in [1.807, 2.05) is 4.90 Å². The van der Waals surface area contributed by atoms with Crippen molar-refractivity contribution in [1.29, 1.82) is 0 Å². The summed E-state index contributed by atoms with van der Waals surface area (Å²) in [5.41, 5.74) is -0.645. The van der Waals surface area contributed by atoms with Crippen LogP contribution in [0.3, 0.4) is 0 Å². The maximum absolute atomic E-state index is 13.5. The summed E-state index contributed by atoms with van der Waals surface area (Å²) in [6, 6.07) is 1.01.